The first kappa shape index (κ1) is 13.2. The molecule has 92 valence electrons. The summed E-state index contributed by atoms with van der Waals surface area (Å²) < 4.78 is 1.42. The van der Waals surface area contributed by atoms with Crippen LogP contribution in [0.3, 0.4) is 0 Å². The molecule has 0 aromatic carbocycles. The predicted molar refractivity (Wildman–Crippen MR) is 60.9 cm³/mol. The van der Waals surface area contributed by atoms with Gasteiger partial charge in [-0.25, -0.2) is 0 Å². The molecule has 0 unspecified atom stereocenters. The third kappa shape index (κ3) is 4.27. The van der Waals surface area contributed by atoms with Crippen LogP contribution in [0.4, 0.5) is 0 Å². The molecule has 0 aliphatic heterocycles. The van der Waals surface area contributed by atoms with E-state index >= 15 is 0 Å². The van der Waals surface area contributed by atoms with Gasteiger partial charge < -0.3 is 15.0 Å². The van der Waals surface area contributed by atoms with Gasteiger partial charge in [-0.15, -0.1) is 0 Å². The summed E-state index contributed by atoms with van der Waals surface area (Å²) in [6, 6.07) is 1.22. The molecule has 0 saturated heterocycles. The number of hydrogen-bond donors (Lipinski definition) is 2. The molecule has 0 aliphatic carbocycles. The summed E-state index contributed by atoms with van der Waals surface area (Å²) in [5.74, 6) is -1.49. The van der Waals surface area contributed by atoms with Crippen LogP contribution in [0.1, 0.15) is 0 Å². The van der Waals surface area contributed by atoms with E-state index in [1.165, 1.54) is 23.9 Å². The topological polar surface area (TPSA) is 101 Å². The Morgan fingerprint density at radius 2 is 2.29 bits per heavy atom. The summed E-state index contributed by atoms with van der Waals surface area (Å²) in [4.78, 5) is 36.3. The predicted octanol–water partition coefficient (Wildman–Crippen LogP) is -0.834. The Bertz CT molecular complexity index is 485. The molecule has 1 rings (SSSR count). The number of carbonyl (C=O) groups is 2. The summed E-state index contributed by atoms with van der Waals surface area (Å²) in [7, 11) is 1.49. The van der Waals surface area contributed by atoms with Gasteiger partial charge in [0, 0.05) is 19.3 Å². The first-order valence-corrected chi connectivity index (χ1v) is 5.64. The van der Waals surface area contributed by atoms with E-state index in [2.05, 4.69) is 10.3 Å². The SMILES string of the molecule is CNC(=O)Cn1ccc(=O)nc1SCC(=O)O. The maximum Gasteiger partial charge on any atom is 0.313 e. The maximum absolute atomic E-state index is 11.2. The molecule has 0 saturated carbocycles. The summed E-state index contributed by atoms with van der Waals surface area (Å²) in [6.07, 6.45) is 1.41. The summed E-state index contributed by atoms with van der Waals surface area (Å²) in [5.41, 5.74) is -0.467. The molecule has 1 aromatic heterocycles. The Morgan fingerprint density at radius 1 is 1.59 bits per heavy atom. The van der Waals surface area contributed by atoms with Crippen molar-refractivity contribution in [3.8, 4) is 0 Å². The van der Waals surface area contributed by atoms with Crippen molar-refractivity contribution < 1.29 is 14.7 Å². The fourth-order valence-electron chi connectivity index (χ4n) is 1.01. The molecule has 1 heterocycles. The van der Waals surface area contributed by atoms with Crippen molar-refractivity contribution in [3.63, 3.8) is 0 Å². The number of likely N-dealkylation sites (N-methyl/N-ethyl adjacent to an activating group) is 1. The Morgan fingerprint density at radius 3 is 2.88 bits per heavy atom. The van der Waals surface area contributed by atoms with Gasteiger partial charge in [0.1, 0.15) is 6.54 Å². The van der Waals surface area contributed by atoms with Crippen LogP contribution >= 0.6 is 11.8 Å². The van der Waals surface area contributed by atoms with Gasteiger partial charge in [0.2, 0.25) is 5.91 Å². The molecular formula is C9H11N3O4S. The van der Waals surface area contributed by atoms with E-state index < -0.39 is 11.5 Å². The average molecular weight is 257 g/mol. The van der Waals surface area contributed by atoms with E-state index in [9.17, 15) is 14.4 Å². The lowest BCUT2D eigenvalue weighted by Crippen LogP contribution is -2.25. The Balaban J connectivity index is 2.91. The summed E-state index contributed by atoms with van der Waals surface area (Å²) in [6.45, 7) is -0.00820. The minimum absolute atomic E-state index is 0.00820. The minimum Gasteiger partial charge on any atom is -0.481 e. The minimum atomic E-state index is -1.01. The zero-order valence-electron chi connectivity index (χ0n) is 9.04. The molecular weight excluding hydrogens is 246 g/mol. The van der Waals surface area contributed by atoms with Gasteiger partial charge in [0.15, 0.2) is 5.16 Å². The van der Waals surface area contributed by atoms with Crippen LogP contribution in [0.25, 0.3) is 0 Å². The molecule has 1 aromatic rings. The van der Waals surface area contributed by atoms with Crippen molar-refractivity contribution in [3.05, 3.63) is 22.6 Å². The van der Waals surface area contributed by atoms with Crippen LogP contribution in [0.2, 0.25) is 0 Å². The molecule has 8 heteroatoms. The van der Waals surface area contributed by atoms with Crippen molar-refractivity contribution >= 4 is 23.6 Å². The van der Waals surface area contributed by atoms with Gasteiger partial charge in [-0.3, -0.25) is 14.4 Å². The number of amides is 1. The van der Waals surface area contributed by atoms with Crippen molar-refractivity contribution in [2.75, 3.05) is 12.8 Å². The number of carboxylic acids is 1. The van der Waals surface area contributed by atoms with Crippen molar-refractivity contribution in [1.82, 2.24) is 14.9 Å². The molecule has 0 atom stereocenters. The third-order valence-electron chi connectivity index (χ3n) is 1.77. The third-order valence-corrected chi connectivity index (χ3v) is 2.74. The number of thioether (sulfide) groups is 1. The summed E-state index contributed by atoms with van der Waals surface area (Å²) >= 11 is 0.894. The van der Waals surface area contributed by atoms with Gasteiger partial charge in [0.05, 0.1) is 5.75 Å². The average Bonchev–Trinajstić information content (AvgIpc) is 2.29. The van der Waals surface area contributed by atoms with Crippen LogP contribution in [-0.2, 0) is 16.1 Å². The monoisotopic (exact) mass is 257 g/mol. The number of carboxylic acid groups (broad SMARTS) is 1. The quantitative estimate of drug-likeness (QED) is 0.527. The number of carbonyl (C=O) groups excluding carboxylic acids is 1. The number of nitrogens with one attached hydrogen (secondary N) is 1. The van der Waals surface area contributed by atoms with Crippen LogP contribution in [0.15, 0.2) is 22.2 Å². The smallest absolute Gasteiger partial charge is 0.313 e. The molecule has 7 nitrogen and oxygen atoms in total. The molecule has 0 aliphatic rings. The van der Waals surface area contributed by atoms with Crippen molar-refractivity contribution in [2.45, 2.75) is 11.7 Å². The second kappa shape index (κ2) is 6.04. The Hall–Kier alpha value is -1.83. The van der Waals surface area contributed by atoms with E-state index in [0.717, 1.165) is 11.8 Å². The Labute approximate surface area is 101 Å². The second-order valence-electron chi connectivity index (χ2n) is 3.03. The van der Waals surface area contributed by atoms with Crippen LogP contribution < -0.4 is 10.9 Å². The highest BCUT2D eigenvalue weighted by Gasteiger charge is 2.09. The van der Waals surface area contributed by atoms with E-state index in [4.69, 9.17) is 5.11 Å². The van der Waals surface area contributed by atoms with E-state index in [1.54, 1.807) is 0 Å². The fourth-order valence-corrected chi connectivity index (χ4v) is 1.71. The number of rotatable bonds is 5. The normalized spacial score (nSPS) is 9.94. The number of hydrogen-bond acceptors (Lipinski definition) is 5. The van der Waals surface area contributed by atoms with Crippen molar-refractivity contribution in [2.24, 2.45) is 0 Å². The van der Waals surface area contributed by atoms with Gasteiger partial charge in [-0.05, 0) is 0 Å². The first-order valence-electron chi connectivity index (χ1n) is 4.65. The van der Waals surface area contributed by atoms with Gasteiger partial charge in [0.25, 0.3) is 5.56 Å². The second-order valence-corrected chi connectivity index (χ2v) is 3.97. The van der Waals surface area contributed by atoms with E-state index in [-0.39, 0.29) is 23.4 Å². The highest BCUT2D eigenvalue weighted by Crippen LogP contribution is 2.12. The standard InChI is InChI=1S/C9H11N3O4S/c1-10-7(14)4-12-3-2-6(13)11-9(12)17-5-8(15)16/h2-3H,4-5H2,1H3,(H,10,14)(H,15,16). The molecule has 1 amide bonds. The molecule has 0 radical (unpaired) electrons. The number of nitrogens with zero attached hydrogens (tertiary/aromatic N) is 2. The highest BCUT2D eigenvalue weighted by atomic mass is 32.2. The van der Waals surface area contributed by atoms with Gasteiger partial charge in [-0.1, -0.05) is 11.8 Å². The lowest BCUT2D eigenvalue weighted by Gasteiger charge is -2.09. The molecule has 17 heavy (non-hydrogen) atoms. The zero-order valence-corrected chi connectivity index (χ0v) is 9.86. The highest BCUT2D eigenvalue weighted by molar-refractivity contribution is 7.99. The maximum atomic E-state index is 11.2. The summed E-state index contributed by atoms with van der Waals surface area (Å²) in [5, 5.41) is 11.2. The zero-order chi connectivity index (χ0) is 12.8. The van der Waals surface area contributed by atoms with Crippen LogP contribution in [-0.4, -0.2) is 39.3 Å². The van der Waals surface area contributed by atoms with Gasteiger partial charge >= 0.3 is 5.97 Å². The largest absolute Gasteiger partial charge is 0.481 e. The molecule has 2 N–H and O–H groups in total. The van der Waals surface area contributed by atoms with Crippen LogP contribution in [0.5, 0.6) is 0 Å². The Kier molecular flexibility index (Phi) is 4.70. The van der Waals surface area contributed by atoms with E-state index in [1.807, 2.05) is 0 Å². The number of aliphatic carboxylic acids is 1. The fraction of sp³-hybridized carbons (Fsp3) is 0.333. The first-order chi connectivity index (χ1) is 8.02. The molecule has 0 spiro atoms. The molecule has 0 fully saturated rings. The lowest BCUT2D eigenvalue weighted by atomic mass is 10.5. The lowest BCUT2D eigenvalue weighted by molar-refractivity contribution is -0.133. The van der Waals surface area contributed by atoms with Crippen molar-refractivity contribution in [1.29, 1.82) is 0 Å². The number of aromatic nitrogens is 2. The van der Waals surface area contributed by atoms with Gasteiger partial charge in [-0.2, -0.15) is 4.98 Å². The van der Waals surface area contributed by atoms with Crippen LogP contribution in [0, 0.1) is 0 Å². The van der Waals surface area contributed by atoms with E-state index in [0.29, 0.717) is 0 Å². The molecule has 0 bridgehead atoms.